The van der Waals surface area contributed by atoms with Crippen LogP contribution in [-0.4, -0.2) is 37.2 Å². The standard InChI is InChI=1S/C20H24N2O3/c1-3-6-15-9-11-16(12-10-15)21-20(23)22(2)13-17-14-24-18-7-4-5-8-19(18)25-17/h4-5,7-12,17H,3,6,13-14H2,1-2H3,(H,21,23). The van der Waals surface area contributed by atoms with E-state index in [0.29, 0.717) is 13.2 Å². The molecule has 0 saturated carbocycles. The monoisotopic (exact) mass is 340 g/mol. The Hall–Kier alpha value is -2.69. The van der Waals surface area contributed by atoms with Crippen molar-refractivity contribution in [2.75, 3.05) is 25.5 Å². The van der Waals surface area contributed by atoms with Crippen LogP contribution in [0.2, 0.25) is 0 Å². The number of benzene rings is 2. The number of para-hydroxylation sites is 2. The van der Waals surface area contributed by atoms with Crippen LogP contribution >= 0.6 is 0 Å². The van der Waals surface area contributed by atoms with Crippen molar-refractivity contribution in [3.63, 3.8) is 0 Å². The van der Waals surface area contributed by atoms with Crippen LogP contribution in [-0.2, 0) is 6.42 Å². The van der Waals surface area contributed by atoms with E-state index in [1.54, 1.807) is 11.9 Å². The first kappa shape index (κ1) is 17.1. The van der Waals surface area contributed by atoms with Crippen molar-refractivity contribution in [1.29, 1.82) is 0 Å². The maximum atomic E-state index is 12.4. The first-order chi connectivity index (χ1) is 12.2. The summed E-state index contributed by atoms with van der Waals surface area (Å²) in [4.78, 5) is 14.0. The topological polar surface area (TPSA) is 50.8 Å². The van der Waals surface area contributed by atoms with Gasteiger partial charge in [-0.15, -0.1) is 0 Å². The number of rotatable bonds is 5. The van der Waals surface area contributed by atoms with Gasteiger partial charge in [-0.3, -0.25) is 0 Å². The minimum absolute atomic E-state index is 0.161. The molecule has 1 N–H and O–H groups in total. The SMILES string of the molecule is CCCc1ccc(NC(=O)N(C)CC2COc3ccccc3O2)cc1. The van der Waals surface area contributed by atoms with Crippen LogP contribution in [0.5, 0.6) is 11.5 Å². The predicted molar refractivity (Wildman–Crippen MR) is 98.4 cm³/mol. The lowest BCUT2D eigenvalue weighted by atomic mass is 10.1. The van der Waals surface area contributed by atoms with Crippen LogP contribution in [0, 0.1) is 0 Å². The van der Waals surface area contributed by atoms with Gasteiger partial charge in [-0.2, -0.15) is 0 Å². The molecule has 2 aromatic rings. The average molecular weight is 340 g/mol. The second-order valence-electron chi connectivity index (χ2n) is 6.26. The zero-order valence-corrected chi connectivity index (χ0v) is 14.7. The predicted octanol–water partition coefficient (Wildman–Crippen LogP) is 3.94. The van der Waals surface area contributed by atoms with Gasteiger partial charge >= 0.3 is 6.03 Å². The maximum absolute atomic E-state index is 12.4. The fraction of sp³-hybridized carbons (Fsp3) is 0.350. The van der Waals surface area contributed by atoms with Crippen LogP contribution in [0.3, 0.4) is 0 Å². The fourth-order valence-corrected chi connectivity index (χ4v) is 2.80. The average Bonchev–Trinajstić information content (AvgIpc) is 2.63. The first-order valence-electron chi connectivity index (χ1n) is 8.65. The molecule has 2 amide bonds. The number of fused-ring (bicyclic) bond motifs is 1. The molecule has 0 aromatic heterocycles. The second-order valence-corrected chi connectivity index (χ2v) is 6.26. The number of aryl methyl sites for hydroxylation is 1. The molecule has 0 fully saturated rings. The van der Waals surface area contributed by atoms with E-state index in [1.807, 2.05) is 48.5 Å². The van der Waals surface area contributed by atoms with Crippen LogP contribution in [0.1, 0.15) is 18.9 Å². The number of nitrogens with one attached hydrogen (secondary N) is 1. The van der Waals surface area contributed by atoms with E-state index in [-0.39, 0.29) is 12.1 Å². The number of carbonyl (C=O) groups excluding carboxylic acids is 1. The number of amides is 2. The molecule has 0 bridgehead atoms. The molecular weight excluding hydrogens is 316 g/mol. The summed E-state index contributed by atoms with van der Waals surface area (Å²) in [6, 6.07) is 15.4. The van der Waals surface area contributed by atoms with Gasteiger partial charge in [0.05, 0.1) is 6.54 Å². The van der Waals surface area contributed by atoms with Gasteiger partial charge < -0.3 is 19.7 Å². The highest BCUT2D eigenvalue weighted by Crippen LogP contribution is 2.30. The lowest BCUT2D eigenvalue weighted by Crippen LogP contribution is -2.43. The highest BCUT2D eigenvalue weighted by molar-refractivity contribution is 5.89. The molecule has 0 aliphatic carbocycles. The van der Waals surface area contributed by atoms with Crippen LogP contribution in [0.4, 0.5) is 10.5 Å². The lowest BCUT2D eigenvalue weighted by molar-refractivity contribution is 0.0731. The Labute approximate surface area is 148 Å². The van der Waals surface area contributed by atoms with Crippen molar-refractivity contribution < 1.29 is 14.3 Å². The van der Waals surface area contributed by atoms with E-state index in [1.165, 1.54) is 5.56 Å². The number of urea groups is 1. The van der Waals surface area contributed by atoms with E-state index in [4.69, 9.17) is 9.47 Å². The van der Waals surface area contributed by atoms with E-state index < -0.39 is 0 Å². The molecule has 132 valence electrons. The largest absolute Gasteiger partial charge is 0.486 e. The molecule has 1 aliphatic rings. The van der Waals surface area contributed by atoms with Crippen molar-refractivity contribution in [3.05, 3.63) is 54.1 Å². The summed E-state index contributed by atoms with van der Waals surface area (Å²) >= 11 is 0. The lowest BCUT2D eigenvalue weighted by Gasteiger charge is -2.29. The van der Waals surface area contributed by atoms with Gasteiger partial charge in [0.1, 0.15) is 6.61 Å². The first-order valence-corrected chi connectivity index (χ1v) is 8.65. The number of nitrogens with zero attached hydrogens (tertiary/aromatic N) is 1. The third-order valence-corrected chi connectivity index (χ3v) is 4.14. The summed E-state index contributed by atoms with van der Waals surface area (Å²) in [5.74, 6) is 1.47. The molecule has 25 heavy (non-hydrogen) atoms. The number of likely N-dealkylation sites (N-methyl/N-ethyl adjacent to an activating group) is 1. The third kappa shape index (κ3) is 4.44. The molecule has 5 nitrogen and oxygen atoms in total. The Morgan fingerprint density at radius 3 is 2.60 bits per heavy atom. The smallest absolute Gasteiger partial charge is 0.321 e. The Morgan fingerprint density at radius 1 is 1.16 bits per heavy atom. The van der Waals surface area contributed by atoms with Gasteiger partial charge in [0.15, 0.2) is 17.6 Å². The molecule has 5 heteroatoms. The minimum atomic E-state index is -0.183. The Bertz CT molecular complexity index is 715. The van der Waals surface area contributed by atoms with Gasteiger partial charge in [-0.25, -0.2) is 4.79 Å². The zero-order chi connectivity index (χ0) is 17.6. The summed E-state index contributed by atoms with van der Waals surface area (Å²) in [5, 5.41) is 2.91. The van der Waals surface area contributed by atoms with Crippen molar-refractivity contribution >= 4 is 11.7 Å². The minimum Gasteiger partial charge on any atom is -0.486 e. The van der Waals surface area contributed by atoms with Gasteiger partial charge in [0, 0.05) is 12.7 Å². The molecule has 3 rings (SSSR count). The molecule has 0 saturated heterocycles. The number of ether oxygens (including phenoxy) is 2. The number of hydrogen-bond acceptors (Lipinski definition) is 3. The molecule has 1 atom stereocenters. The normalized spacial score (nSPS) is 15.5. The Morgan fingerprint density at radius 2 is 1.88 bits per heavy atom. The Balaban J connectivity index is 1.53. The highest BCUT2D eigenvalue weighted by atomic mass is 16.6. The van der Waals surface area contributed by atoms with Crippen LogP contribution in [0.25, 0.3) is 0 Å². The maximum Gasteiger partial charge on any atom is 0.321 e. The Kier molecular flexibility index (Phi) is 5.43. The number of hydrogen-bond donors (Lipinski definition) is 1. The van der Waals surface area contributed by atoms with Gasteiger partial charge in [0.25, 0.3) is 0 Å². The number of anilines is 1. The van der Waals surface area contributed by atoms with E-state index in [2.05, 4.69) is 12.2 Å². The molecule has 1 unspecified atom stereocenters. The summed E-state index contributed by atoms with van der Waals surface area (Å²) < 4.78 is 11.6. The molecule has 0 radical (unpaired) electrons. The van der Waals surface area contributed by atoms with Crippen molar-refractivity contribution in [3.8, 4) is 11.5 Å². The van der Waals surface area contributed by atoms with Gasteiger partial charge in [0.2, 0.25) is 0 Å². The van der Waals surface area contributed by atoms with Crippen LogP contribution < -0.4 is 14.8 Å². The molecule has 1 heterocycles. The van der Waals surface area contributed by atoms with Crippen molar-refractivity contribution in [2.24, 2.45) is 0 Å². The molecule has 0 spiro atoms. The highest BCUT2D eigenvalue weighted by Gasteiger charge is 2.23. The van der Waals surface area contributed by atoms with Gasteiger partial charge in [-0.1, -0.05) is 37.6 Å². The molecule has 2 aromatic carbocycles. The summed E-state index contributed by atoms with van der Waals surface area (Å²) in [6.45, 7) is 3.04. The summed E-state index contributed by atoms with van der Waals surface area (Å²) in [5.41, 5.74) is 2.07. The van der Waals surface area contributed by atoms with E-state index in [9.17, 15) is 4.79 Å². The third-order valence-electron chi connectivity index (χ3n) is 4.14. The van der Waals surface area contributed by atoms with Gasteiger partial charge in [-0.05, 0) is 36.2 Å². The fourth-order valence-electron chi connectivity index (χ4n) is 2.80. The summed E-state index contributed by atoms with van der Waals surface area (Å²) in [7, 11) is 1.75. The second kappa shape index (κ2) is 7.92. The van der Waals surface area contributed by atoms with Crippen molar-refractivity contribution in [2.45, 2.75) is 25.9 Å². The molecule has 1 aliphatic heterocycles. The van der Waals surface area contributed by atoms with E-state index in [0.717, 1.165) is 30.0 Å². The zero-order valence-electron chi connectivity index (χ0n) is 14.7. The summed E-state index contributed by atoms with van der Waals surface area (Å²) in [6.07, 6.45) is 1.98. The quantitative estimate of drug-likeness (QED) is 0.897. The molecular formula is C20H24N2O3. The van der Waals surface area contributed by atoms with Crippen molar-refractivity contribution in [1.82, 2.24) is 4.90 Å². The van der Waals surface area contributed by atoms with E-state index >= 15 is 0 Å². The van der Waals surface area contributed by atoms with Crippen LogP contribution in [0.15, 0.2) is 48.5 Å². The number of carbonyl (C=O) groups is 1.